The lowest BCUT2D eigenvalue weighted by Gasteiger charge is -2.23. The molecule has 1 atom stereocenters. The van der Waals surface area contributed by atoms with Gasteiger partial charge in [0.1, 0.15) is 0 Å². The Balaban J connectivity index is 1.20. The van der Waals surface area contributed by atoms with E-state index < -0.39 is 57.3 Å². The quantitative estimate of drug-likeness (QED) is 0.0770. The molecule has 0 unspecified atom stereocenters. The molecule has 278 valence electrons. The molecular formula is C36H30F3N7O7S. The van der Waals surface area contributed by atoms with Crippen LogP contribution in [-0.4, -0.2) is 70.6 Å². The Morgan fingerprint density at radius 2 is 1.54 bits per heavy atom. The number of alkyl halides is 3. The number of benzene rings is 4. The minimum absolute atomic E-state index is 0.109. The van der Waals surface area contributed by atoms with E-state index >= 15 is 0 Å². The van der Waals surface area contributed by atoms with E-state index in [1.54, 1.807) is 66.7 Å². The van der Waals surface area contributed by atoms with Gasteiger partial charge in [0.15, 0.2) is 11.7 Å². The predicted octanol–water partition coefficient (Wildman–Crippen LogP) is 5.28. The summed E-state index contributed by atoms with van der Waals surface area (Å²) < 4.78 is 70.9. The zero-order valence-electron chi connectivity index (χ0n) is 28.5. The van der Waals surface area contributed by atoms with E-state index in [2.05, 4.69) is 10.4 Å². The van der Waals surface area contributed by atoms with Crippen LogP contribution in [0.5, 0.6) is 0 Å². The van der Waals surface area contributed by atoms with Gasteiger partial charge in [0.05, 0.1) is 39.4 Å². The smallest absolute Gasteiger partial charge is 0.435 e. The number of imide groups is 1. The predicted molar refractivity (Wildman–Crippen MR) is 185 cm³/mol. The van der Waals surface area contributed by atoms with Crippen LogP contribution in [0.1, 0.15) is 37.5 Å². The van der Waals surface area contributed by atoms with E-state index in [1.807, 2.05) is 11.6 Å². The second-order valence-electron chi connectivity index (χ2n) is 12.1. The normalized spacial score (nSPS) is 13.8. The van der Waals surface area contributed by atoms with Gasteiger partial charge in [0, 0.05) is 12.0 Å². The highest BCUT2D eigenvalue weighted by molar-refractivity contribution is 7.90. The molecule has 5 aromatic rings. The molecule has 4 aromatic carbocycles. The summed E-state index contributed by atoms with van der Waals surface area (Å²) in [6, 6.07) is 25.2. The number of rotatable bonds is 12. The van der Waals surface area contributed by atoms with Gasteiger partial charge in [0.2, 0.25) is 12.0 Å². The van der Waals surface area contributed by atoms with Crippen molar-refractivity contribution < 1.29 is 45.8 Å². The number of carbonyl (C=O) groups excluding carboxylic acids is 3. The van der Waals surface area contributed by atoms with Gasteiger partial charge in [-0.25, -0.2) is 22.7 Å². The molecule has 54 heavy (non-hydrogen) atoms. The highest BCUT2D eigenvalue weighted by Gasteiger charge is 2.37. The average molecular weight is 762 g/mol. The standard InChI is InChI=1S/C36H30F3N7O7S/c1-23-12-14-25(15-13-23)30-21-32(36(37,38)39)40-45(30)26-16-18-27(19-17-26)54(51,52)41-33(47)31(20-24-8-4-3-5-9-24)43(2)46(50)42-53-22-44-34(48)28-10-6-7-11-29(28)35(44)49/h3-19,21,31H,20,22H2,1-2H3,(H,41,47)/b46-42+/t31-/m0/s1. The second kappa shape index (κ2) is 14.8. The fourth-order valence-corrected chi connectivity index (χ4v) is 6.58. The zero-order valence-corrected chi connectivity index (χ0v) is 29.3. The number of aromatic nitrogens is 2. The highest BCUT2D eigenvalue weighted by Crippen LogP contribution is 2.33. The van der Waals surface area contributed by atoms with Crippen molar-refractivity contribution in [3.63, 3.8) is 0 Å². The molecule has 1 N–H and O–H groups in total. The van der Waals surface area contributed by atoms with E-state index in [9.17, 15) is 41.2 Å². The van der Waals surface area contributed by atoms with E-state index in [-0.39, 0.29) is 33.9 Å². The van der Waals surface area contributed by atoms with Gasteiger partial charge in [-0.3, -0.25) is 14.4 Å². The summed E-state index contributed by atoms with van der Waals surface area (Å²) in [5.41, 5.74) is 1.26. The van der Waals surface area contributed by atoms with E-state index in [4.69, 9.17) is 4.84 Å². The van der Waals surface area contributed by atoms with Gasteiger partial charge in [-0.2, -0.15) is 18.3 Å². The highest BCUT2D eigenvalue weighted by atomic mass is 32.2. The van der Waals surface area contributed by atoms with Crippen molar-refractivity contribution in [2.24, 2.45) is 5.28 Å². The first-order valence-electron chi connectivity index (χ1n) is 16.1. The minimum atomic E-state index is -4.75. The largest absolute Gasteiger partial charge is 0.569 e. The Hall–Kier alpha value is -6.56. The summed E-state index contributed by atoms with van der Waals surface area (Å²) >= 11 is 0. The molecular weight excluding hydrogens is 731 g/mol. The van der Waals surface area contributed by atoms with E-state index in [0.717, 1.165) is 45.4 Å². The van der Waals surface area contributed by atoms with Crippen LogP contribution in [0.15, 0.2) is 119 Å². The Bertz CT molecular complexity index is 2320. The fraction of sp³-hybridized carbons (Fsp3) is 0.167. The number of nitrogens with one attached hydrogen (secondary N) is 1. The van der Waals surface area contributed by atoms with Crippen LogP contribution in [0.3, 0.4) is 0 Å². The van der Waals surface area contributed by atoms with Gasteiger partial charge in [-0.1, -0.05) is 72.3 Å². The van der Waals surface area contributed by atoms with Gasteiger partial charge >= 0.3 is 6.18 Å². The van der Waals surface area contributed by atoms with Gasteiger partial charge in [-0.05, 0) is 55.0 Å². The number of hydrogen-bond acceptors (Lipinski definition) is 9. The monoisotopic (exact) mass is 761 g/mol. The number of hydrazine groups is 1. The van der Waals surface area contributed by atoms with Crippen LogP contribution in [0.4, 0.5) is 13.2 Å². The van der Waals surface area contributed by atoms with Crippen molar-refractivity contribution >= 4 is 27.7 Å². The summed E-state index contributed by atoms with van der Waals surface area (Å²) in [5, 5.41) is 20.8. The average Bonchev–Trinajstić information content (AvgIpc) is 3.71. The number of aryl methyl sites for hydroxylation is 1. The first-order valence-corrected chi connectivity index (χ1v) is 17.6. The third-order valence-corrected chi connectivity index (χ3v) is 9.82. The van der Waals surface area contributed by atoms with Crippen molar-refractivity contribution in [1.82, 2.24) is 24.4 Å². The second-order valence-corrected chi connectivity index (χ2v) is 13.8. The number of amides is 3. The summed E-state index contributed by atoms with van der Waals surface area (Å²) in [5.74, 6) is -2.44. The molecule has 1 aromatic heterocycles. The van der Waals surface area contributed by atoms with Gasteiger partial charge < -0.3 is 10.0 Å². The van der Waals surface area contributed by atoms with Crippen LogP contribution >= 0.6 is 0 Å². The number of hydrogen-bond donors (Lipinski definition) is 1. The number of likely N-dealkylation sites (N-methyl/N-ethyl adjacent to an activating group) is 1. The van der Waals surface area contributed by atoms with Crippen LogP contribution in [-0.2, 0) is 32.3 Å². The molecule has 3 amide bonds. The third-order valence-electron chi connectivity index (χ3n) is 8.46. The van der Waals surface area contributed by atoms with Crippen molar-refractivity contribution in [2.45, 2.75) is 30.5 Å². The Morgan fingerprint density at radius 1 is 0.944 bits per heavy atom. The topological polar surface area (TPSA) is 169 Å². The number of halogens is 3. The van der Waals surface area contributed by atoms with E-state index in [1.165, 1.54) is 24.3 Å². The van der Waals surface area contributed by atoms with E-state index in [0.29, 0.717) is 11.1 Å². The van der Waals surface area contributed by atoms with Crippen LogP contribution in [0.25, 0.3) is 16.9 Å². The van der Waals surface area contributed by atoms with Gasteiger partial charge in [0.25, 0.3) is 27.7 Å². The van der Waals surface area contributed by atoms with Gasteiger partial charge in [-0.15, -0.1) is 5.01 Å². The maximum absolute atomic E-state index is 13.7. The molecule has 0 saturated carbocycles. The van der Waals surface area contributed by atoms with Crippen LogP contribution in [0, 0.1) is 12.1 Å². The molecule has 2 heterocycles. The minimum Gasteiger partial charge on any atom is -0.569 e. The van der Waals surface area contributed by atoms with Crippen molar-refractivity contribution in [2.75, 3.05) is 13.8 Å². The number of carbonyl (C=O) groups is 3. The number of sulfonamides is 1. The molecule has 14 nitrogen and oxygen atoms in total. The molecule has 1 aliphatic heterocycles. The SMILES string of the molecule is Cc1ccc(-c2cc(C(F)(F)F)nn2-c2ccc(S(=O)(=O)NC(=O)[C@H](Cc3ccccc3)N(C)/[N+]([O-])=N\OCN3C(=O)c4ccccc4C3=O)cc2)cc1. The molecule has 1 aliphatic rings. The maximum atomic E-state index is 13.7. The third kappa shape index (κ3) is 7.77. The fourth-order valence-electron chi connectivity index (χ4n) is 5.57. The van der Waals surface area contributed by atoms with Crippen LogP contribution in [0.2, 0.25) is 0 Å². The summed E-state index contributed by atoms with van der Waals surface area (Å²) in [7, 11) is -3.45. The molecule has 0 bridgehead atoms. The Morgan fingerprint density at radius 3 is 2.13 bits per heavy atom. The first kappa shape index (κ1) is 37.2. The molecule has 6 rings (SSSR count). The van der Waals surface area contributed by atoms with Crippen molar-refractivity contribution in [3.05, 3.63) is 142 Å². The zero-order chi connectivity index (χ0) is 38.8. The number of nitrogens with zero attached hydrogens (tertiary/aromatic N) is 6. The number of fused-ring (bicyclic) bond motifs is 1. The van der Waals surface area contributed by atoms with Crippen LogP contribution < -0.4 is 4.72 Å². The lowest BCUT2D eigenvalue weighted by atomic mass is 10.1. The molecule has 0 fully saturated rings. The molecule has 0 spiro atoms. The van der Waals surface area contributed by atoms with Crippen molar-refractivity contribution in [3.8, 4) is 16.9 Å². The summed E-state index contributed by atoms with van der Waals surface area (Å²) in [6.45, 7) is 1.11. The lowest BCUT2D eigenvalue weighted by molar-refractivity contribution is -0.710. The maximum Gasteiger partial charge on any atom is 0.435 e. The molecule has 0 saturated heterocycles. The summed E-state index contributed by atoms with van der Waals surface area (Å²) in [6.07, 6.45) is -4.92. The molecule has 18 heteroatoms. The Labute approximate surface area is 306 Å². The van der Waals surface area contributed by atoms with Crippen molar-refractivity contribution in [1.29, 1.82) is 0 Å². The Kier molecular flexibility index (Phi) is 10.2. The molecule has 0 radical (unpaired) electrons. The molecule has 0 aliphatic carbocycles. The summed E-state index contributed by atoms with van der Waals surface area (Å²) in [4.78, 5) is 44.0. The first-order chi connectivity index (χ1) is 25.6. The lowest BCUT2D eigenvalue weighted by Crippen LogP contribution is -2.50.